The van der Waals surface area contributed by atoms with E-state index in [1.807, 2.05) is 6.92 Å². The van der Waals surface area contributed by atoms with Gasteiger partial charge in [-0.25, -0.2) is 0 Å². The van der Waals surface area contributed by atoms with Crippen molar-refractivity contribution in [3.63, 3.8) is 0 Å². The standard InChI is InChI=1S/C12H20F3NO3/c1-2-16-11(10(17)18)6-4-9(8-11)19-7-3-5-12(13,14)15/h9,16H,2-8H2,1H3,(H,17,18). The van der Waals surface area contributed by atoms with Gasteiger partial charge in [0.25, 0.3) is 0 Å². The van der Waals surface area contributed by atoms with Crippen LogP contribution in [0.2, 0.25) is 0 Å². The number of carboxylic acids is 1. The van der Waals surface area contributed by atoms with Crippen LogP contribution in [0.1, 0.15) is 39.0 Å². The van der Waals surface area contributed by atoms with Gasteiger partial charge in [-0.05, 0) is 25.8 Å². The Kier molecular flexibility index (Phi) is 5.61. The number of ether oxygens (including phenoxy) is 1. The molecule has 1 aliphatic carbocycles. The fourth-order valence-corrected chi connectivity index (χ4v) is 2.43. The summed E-state index contributed by atoms with van der Waals surface area (Å²) in [6, 6.07) is 0. The smallest absolute Gasteiger partial charge is 0.389 e. The highest BCUT2D eigenvalue weighted by Gasteiger charge is 2.45. The van der Waals surface area contributed by atoms with Gasteiger partial charge in [-0.3, -0.25) is 4.79 Å². The minimum absolute atomic E-state index is 0.0198. The Bertz CT molecular complexity index is 309. The van der Waals surface area contributed by atoms with Crippen molar-refractivity contribution in [2.75, 3.05) is 13.2 Å². The third kappa shape index (κ3) is 4.99. The van der Waals surface area contributed by atoms with Crippen molar-refractivity contribution in [1.82, 2.24) is 5.32 Å². The van der Waals surface area contributed by atoms with Crippen LogP contribution in [0, 0.1) is 0 Å². The third-order valence-electron chi connectivity index (χ3n) is 3.35. The van der Waals surface area contributed by atoms with E-state index in [1.54, 1.807) is 0 Å². The summed E-state index contributed by atoms with van der Waals surface area (Å²) in [7, 11) is 0. The number of likely N-dealkylation sites (N-methyl/N-ethyl adjacent to an activating group) is 1. The van der Waals surface area contributed by atoms with Gasteiger partial charge in [0.05, 0.1) is 6.10 Å². The van der Waals surface area contributed by atoms with Crippen LogP contribution < -0.4 is 5.32 Å². The van der Waals surface area contributed by atoms with Crippen molar-refractivity contribution in [3.05, 3.63) is 0 Å². The summed E-state index contributed by atoms with van der Waals surface area (Å²) < 4.78 is 41.2. The summed E-state index contributed by atoms with van der Waals surface area (Å²) in [5.41, 5.74) is -0.983. The number of aliphatic carboxylic acids is 1. The minimum Gasteiger partial charge on any atom is -0.480 e. The molecule has 0 bridgehead atoms. The van der Waals surface area contributed by atoms with Crippen LogP contribution >= 0.6 is 0 Å². The lowest BCUT2D eigenvalue weighted by Crippen LogP contribution is -2.50. The van der Waals surface area contributed by atoms with E-state index < -0.39 is 24.1 Å². The SMILES string of the molecule is CCNC1(C(=O)O)CCC(OCCCC(F)(F)F)C1. The molecule has 0 aromatic heterocycles. The molecule has 2 unspecified atom stereocenters. The summed E-state index contributed by atoms with van der Waals surface area (Å²) in [5.74, 6) is -0.921. The van der Waals surface area contributed by atoms with Crippen molar-refractivity contribution >= 4 is 5.97 Å². The Morgan fingerprint density at radius 1 is 1.53 bits per heavy atom. The number of hydrogen-bond donors (Lipinski definition) is 2. The summed E-state index contributed by atoms with van der Waals surface area (Å²) in [6.07, 6.45) is -4.07. The van der Waals surface area contributed by atoms with Crippen LogP contribution in [0.3, 0.4) is 0 Å². The van der Waals surface area contributed by atoms with Crippen LogP contribution in [0.25, 0.3) is 0 Å². The first-order valence-electron chi connectivity index (χ1n) is 6.46. The Morgan fingerprint density at radius 2 is 2.21 bits per heavy atom. The molecule has 1 saturated carbocycles. The number of halogens is 3. The molecule has 0 aromatic rings. The molecule has 1 rings (SSSR count). The van der Waals surface area contributed by atoms with Crippen molar-refractivity contribution in [2.24, 2.45) is 0 Å². The molecule has 1 aliphatic rings. The molecule has 0 saturated heterocycles. The quantitative estimate of drug-likeness (QED) is 0.704. The Hall–Kier alpha value is -0.820. The number of hydrogen-bond acceptors (Lipinski definition) is 3. The van der Waals surface area contributed by atoms with Crippen LogP contribution in [-0.4, -0.2) is 42.0 Å². The fourth-order valence-electron chi connectivity index (χ4n) is 2.43. The highest BCUT2D eigenvalue weighted by Crippen LogP contribution is 2.32. The van der Waals surface area contributed by atoms with Gasteiger partial charge >= 0.3 is 12.1 Å². The summed E-state index contributed by atoms with van der Waals surface area (Å²) >= 11 is 0. The molecule has 0 aliphatic heterocycles. The van der Waals surface area contributed by atoms with E-state index in [-0.39, 0.29) is 19.1 Å². The Labute approximate surface area is 110 Å². The predicted molar refractivity (Wildman–Crippen MR) is 62.9 cm³/mol. The average molecular weight is 283 g/mol. The Balaban J connectivity index is 2.33. The molecule has 0 aromatic carbocycles. The number of carbonyl (C=O) groups is 1. The van der Waals surface area contributed by atoms with Crippen LogP contribution in [0.15, 0.2) is 0 Å². The second-order valence-electron chi connectivity index (χ2n) is 4.87. The maximum atomic E-state index is 11.9. The molecular weight excluding hydrogens is 263 g/mol. The molecule has 7 heteroatoms. The molecular formula is C12H20F3NO3. The Morgan fingerprint density at radius 3 is 2.74 bits per heavy atom. The minimum atomic E-state index is -4.16. The highest BCUT2D eigenvalue weighted by atomic mass is 19.4. The zero-order valence-corrected chi connectivity index (χ0v) is 10.9. The van der Waals surface area contributed by atoms with Crippen molar-refractivity contribution in [2.45, 2.75) is 56.8 Å². The molecule has 19 heavy (non-hydrogen) atoms. The third-order valence-corrected chi connectivity index (χ3v) is 3.35. The van der Waals surface area contributed by atoms with Crippen LogP contribution in [-0.2, 0) is 9.53 Å². The number of alkyl halides is 3. The van der Waals surface area contributed by atoms with Gasteiger partial charge < -0.3 is 15.2 Å². The summed E-state index contributed by atoms with van der Waals surface area (Å²) in [4.78, 5) is 11.3. The molecule has 0 radical (unpaired) electrons. The first-order valence-corrected chi connectivity index (χ1v) is 6.46. The molecule has 0 heterocycles. The average Bonchev–Trinajstić information content (AvgIpc) is 2.69. The van der Waals surface area contributed by atoms with Gasteiger partial charge in [0.1, 0.15) is 5.54 Å². The summed E-state index contributed by atoms with van der Waals surface area (Å²) in [5, 5.41) is 12.2. The monoisotopic (exact) mass is 283 g/mol. The van der Waals surface area contributed by atoms with Gasteiger partial charge in [-0.2, -0.15) is 13.2 Å². The first-order chi connectivity index (χ1) is 8.79. The van der Waals surface area contributed by atoms with Crippen molar-refractivity contribution in [3.8, 4) is 0 Å². The van der Waals surface area contributed by atoms with Gasteiger partial charge in [0.15, 0.2) is 0 Å². The zero-order chi connectivity index (χ0) is 14.5. The fraction of sp³-hybridized carbons (Fsp3) is 0.917. The summed E-state index contributed by atoms with van der Waals surface area (Å²) in [6.45, 7) is 2.38. The molecule has 2 N–H and O–H groups in total. The van der Waals surface area contributed by atoms with Crippen molar-refractivity contribution < 1.29 is 27.8 Å². The van der Waals surface area contributed by atoms with E-state index in [4.69, 9.17) is 4.74 Å². The molecule has 4 nitrogen and oxygen atoms in total. The van der Waals surface area contributed by atoms with E-state index in [9.17, 15) is 23.1 Å². The normalized spacial score (nSPS) is 27.7. The first kappa shape index (κ1) is 16.2. The molecule has 0 spiro atoms. The van der Waals surface area contributed by atoms with Crippen molar-refractivity contribution in [1.29, 1.82) is 0 Å². The van der Waals surface area contributed by atoms with Crippen LogP contribution in [0.5, 0.6) is 0 Å². The maximum Gasteiger partial charge on any atom is 0.389 e. The van der Waals surface area contributed by atoms with E-state index in [1.165, 1.54) is 0 Å². The highest BCUT2D eigenvalue weighted by molar-refractivity contribution is 5.79. The lowest BCUT2D eigenvalue weighted by molar-refractivity contribution is -0.145. The molecule has 112 valence electrons. The lowest BCUT2D eigenvalue weighted by Gasteiger charge is -2.25. The van der Waals surface area contributed by atoms with Gasteiger partial charge in [0.2, 0.25) is 0 Å². The van der Waals surface area contributed by atoms with E-state index in [0.29, 0.717) is 25.8 Å². The van der Waals surface area contributed by atoms with E-state index >= 15 is 0 Å². The maximum absolute atomic E-state index is 11.9. The second kappa shape index (κ2) is 6.56. The van der Waals surface area contributed by atoms with E-state index in [2.05, 4.69) is 5.32 Å². The van der Waals surface area contributed by atoms with Gasteiger partial charge in [-0.15, -0.1) is 0 Å². The second-order valence-corrected chi connectivity index (χ2v) is 4.87. The van der Waals surface area contributed by atoms with Crippen LogP contribution in [0.4, 0.5) is 13.2 Å². The largest absolute Gasteiger partial charge is 0.480 e. The number of carboxylic acid groups (broad SMARTS) is 1. The van der Waals surface area contributed by atoms with E-state index in [0.717, 1.165) is 0 Å². The number of rotatable bonds is 7. The van der Waals surface area contributed by atoms with Gasteiger partial charge in [-0.1, -0.05) is 6.92 Å². The predicted octanol–water partition coefficient (Wildman–Crippen LogP) is 2.33. The number of nitrogens with one attached hydrogen (secondary N) is 1. The molecule has 1 fully saturated rings. The molecule has 2 atom stereocenters. The van der Waals surface area contributed by atoms with Gasteiger partial charge in [0, 0.05) is 19.4 Å². The zero-order valence-electron chi connectivity index (χ0n) is 10.9. The molecule has 0 amide bonds. The lowest BCUT2D eigenvalue weighted by atomic mass is 9.98. The topological polar surface area (TPSA) is 58.6 Å².